The monoisotopic (exact) mass is 432 g/mol. The summed E-state index contributed by atoms with van der Waals surface area (Å²) >= 11 is 0. The first-order valence-electron chi connectivity index (χ1n) is 12.1. The van der Waals surface area contributed by atoms with Crippen LogP contribution in [0.4, 0.5) is 4.79 Å². The molecule has 0 saturated heterocycles. The van der Waals surface area contributed by atoms with Crippen molar-refractivity contribution in [3.05, 3.63) is 23.8 Å². The Hall–Kier alpha value is -1.95. The number of fused-ring (bicyclic) bond motifs is 1. The Morgan fingerprint density at radius 1 is 1.06 bits per heavy atom. The summed E-state index contributed by atoms with van der Waals surface area (Å²) in [5.41, 5.74) is 0.468. The van der Waals surface area contributed by atoms with Gasteiger partial charge in [-0.2, -0.15) is 0 Å². The summed E-state index contributed by atoms with van der Waals surface area (Å²) in [5.74, 6) is 2.05. The quantitative estimate of drug-likeness (QED) is 0.386. The predicted molar refractivity (Wildman–Crippen MR) is 116 cm³/mol. The molecule has 6 nitrogen and oxygen atoms in total. The number of benzene rings is 1. The fourth-order valence-electron chi connectivity index (χ4n) is 5.86. The Kier molecular flexibility index (Phi) is 7.26. The first-order chi connectivity index (χ1) is 15.1. The molecule has 4 rings (SSSR count). The molecule has 0 radical (unpaired) electrons. The van der Waals surface area contributed by atoms with Gasteiger partial charge in [0.1, 0.15) is 17.1 Å². The molecular weight excluding hydrogens is 396 g/mol. The van der Waals surface area contributed by atoms with Crippen molar-refractivity contribution >= 4 is 6.16 Å². The van der Waals surface area contributed by atoms with Crippen LogP contribution in [0, 0.1) is 11.8 Å². The molecule has 1 unspecified atom stereocenters. The van der Waals surface area contributed by atoms with E-state index in [-0.39, 0.29) is 0 Å². The Bertz CT molecular complexity index is 718. The number of carbonyl (C=O) groups is 1. The highest BCUT2D eigenvalue weighted by molar-refractivity contribution is 5.57. The van der Waals surface area contributed by atoms with Gasteiger partial charge in [-0.05, 0) is 56.1 Å². The van der Waals surface area contributed by atoms with Crippen LogP contribution in [0.25, 0.3) is 0 Å². The fourth-order valence-corrected chi connectivity index (χ4v) is 5.86. The number of hydrogen-bond acceptors (Lipinski definition) is 5. The molecule has 0 aromatic heterocycles. The minimum absolute atomic E-state index is 0.332. The standard InChI is InChI=1S/C25H36O6/c1-2-3-16-28-20-14-15-21-22(17-20)29-24(30-23(26)27)31-25(21,18-10-6-4-7-11-18)19-12-8-5-9-13-19/h14-15,17-19,24H,2-13,16H2,1H3,(H,26,27). The Balaban J connectivity index is 1.75. The van der Waals surface area contributed by atoms with Crippen LogP contribution in [0.3, 0.4) is 0 Å². The average Bonchev–Trinajstić information content (AvgIpc) is 2.79. The minimum atomic E-state index is -1.38. The zero-order valence-corrected chi connectivity index (χ0v) is 18.6. The number of hydrogen-bond donors (Lipinski definition) is 1. The van der Waals surface area contributed by atoms with Gasteiger partial charge in [0.25, 0.3) is 0 Å². The minimum Gasteiger partial charge on any atom is -0.493 e. The summed E-state index contributed by atoms with van der Waals surface area (Å²) in [4.78, 5) is 11.4. The third kappa shape index (κ3) is 4.79. The van der Waals surface area contributed by atoms with Crippen molar-refractivity contribution in [3.8, 4) is 11.5 Å². The Morgan fingerprint density at radius 3 is 2.29 bits per heavy atom. The smallest absolute Gasteiger partial charge is 0.493 e. The van der Waals surface area contributed by atoms with E-state index in [1.165, 1.54) is 38.5 Å². The Labute approximate surface area is 185 Å². The van der Waals surface area contributed by atoms with E-state index < -0.39 is 18.2 Å². The summed E-state index contributed by atoms with van der Waals surface area (Å²) < 4.78 is 23.4. The molecule has 1 N–H and O–H groups in total. The lowest BCUT2D eigenvalue weighted by Crippen LogP contribution is -2.53. The van der Waals surface area contributed by atoms with Gasteiger partial charge in [0.2, 0.25) is 0 Å². The molecule has 0 bridgehead atoms. The van der Waals surface area contributed by atoms with E-state index in [2.05, 4.69) is 13.0 Å². The highest BCUT2D eigenvalue weighted by atomic mass is 16.9. The molecule has 6 heteroatoms. The summed E-state index contributed by atoms with van der Waals surface area (Å²) in [6.45, 7) is 1.53. The molecule has 1 aromatic carbocycles. The number of ether oxygens (including phenoxy) is 4. The third-order valence-electron chi connectivity index (χ3n) is 7.28. The van der Waals surface area contributed by atoms with Crippen molar-refractivity contribution < 1.29 is 28.8 Å². The molecule has 1 aromatic rings. The third-order valence-corrected chi connectivity index (χ3v) is 7.28. The van der Waals surface area contributed by atoms with E-state index in [1.807, 2.05) is 12.1 Å². The molecule has 0 spiro atoms. The Morgan fingerprint density at radius 2 is 1.71 bits per heavy atom. The lowest BCUT2D eigenvalue weighted by atomic mass is 9.63. The van der Waals surface area contributed by atoms with E-state index in [4.69, 9.17) is 18.9 Å². The molecule has 1 atom stereocenters. The van der Waals surface area contributed by atoms with Gasteiger partial charge in [0.15, 0.2) is 0 Å². The maximum atomic E-state index is 11.4. The van der Waals surface area contributed by atoms with Gasteiger partial charge >= 0.3 is 12.6 Å². The largest absolute Gasteiger partial charge is 0.510 e. The molecule has 172 valence electrons. The van der Waals surface area contributed by atoms with Gasteiger partial charge in [0, 0.05) is 11.6 Å². The lowest BCUT2D eigenvalue weighted by Gasteiger charge is -2.52. The van der Waals surface area contributed by atoms with E-state index in [1.54, 1.807) is 0 Å². The molecule has 2 aliphatic carbocycles. The van der Waals surface area contributed by atoms with Crippen LogP contribution in [-0.2, 0) is 15.1 Å². The molecule has 1 heterocycles. The number of carboxylic acid groups (broad SMARTS) is 1. The van der Waals surface area contributed by atoms with Gasteiger partial charge in [-0.3, -0.25) is 4.74 Å². The average molecular weight is 433 g/mol. The maximum absolute atomic E-state index is 11.4. The van der Waals surface area contributed by atoms with E-state index >= 15 is 0 Å². The lowest BCUT2D eigenvalue weighted by molar-refractivity contribution is -0.324. The highest BCUT2D eigenvalue weighted by Gasteiger charge is 2.54. The molecule has 0 amide bonds. The van der Waals surface area contributed by atoms with Crippen LogP contribution in [0.15, 0.2) is 18.2 Å². The molecule has 2 saturated carbocycles. The molecule has 31 heavy (non-hydrogen) atoms. The second-order valence-corrected chi connectivity index (χ2v) is 9.23. The first-order valence-corrected chi connectivity index (χ1v) is 12.1. The first kappa shape index (κ1) is 22.3. The fraction of sp³-hybridized carbons (Fsp3) is 0.720. The van der Waals surface area contributed by atoms with Gasteiger partial charge in [-0.25, -0.2) is 4.79 Å². The van der Waals surface area contributed by atoms with Crippen LogP contribution in [0.5, 0.6) is 11.5 Å². The van der Waals surface area contributed by atoms with Crippen LogP contribution >= 0.6 is 0 Å². The van der Waals surface area contributed by atoms with Crippen LogP contribution in [-0.4, -0.2) is 24.3 Å². The van der Waals surface area contributed by atoms with E-state index in [9.17, 15) is 9.90 Å². The second-order valence-electron chi connectivity index (χ2n) is 9.23. The normalized spacial score (nSPS) is 24.1. The van der Waals surface area contributed by atoms with Crippen molar-refractivity contribution in [3.63, 3.8) is 0 Å². The predicted octanol–water partition coefficient (Wildman–Crippen LogP) is 6.61. The van der Waals surface area contributed by atoms with Crippen LogP contribution in [0.2, 0.25) is 0 Å². The zero-order valence-electron chi connectivity index (χ0n) is 18.6. The molecule has 3 aliphatic rings. The van der Waals surface area contributed by atoms with Crippen LogP contribution < -0.4 is 9.47 Å². The molecule has 2 fully saturated rings. The summed E-state index contributed by atoms with van der Waals surface area (Å²) in [6, 6.07) is 6.00. The van der Waals surface area contributed by atoms with E-state index in [0.717, 1.165) is 49.8 Å². The number of unbranched alkanes of at least 4 members (excludes halogenated alkanes) is 1. The SMILES string of the molecule is CCCCOc1ccc2c(c1)OC(OC(=O)O)OC2(C1CCCCC1)C1CCCCC1. The van der Waals surface area contributed by atoms with Gasteiger partial charge in [-0.1, -0.05) is 51.9 Å². The number of rotatable bonds is 7. The molecule has 1 aliphatic heterocycles. The second kappa shape index (κ2) is 10.1. The summed E-state index contributed by atoms with van der Waals surface area (Å²) in [6.07, 6.45) is 12.2. The maximum Gasteiger partial charge on any atom is 0.510 e. The van der Waals surface area contributed by atoms with Crippen molar-refractivity contribution in [2.24, 2.45) is 11.8 Å². The van der Waals surface area contributed by atoms with Crippen molar-refractivity contribution in [1.29, 1.82) is 0 Å². The molecular formula is C25H36O6. The zero-order chi connectivity index (χ0) is 21.7. The highest BCUT2D eigenvalue weighted by Crippen LogP contribution is 2.56. The van der Waals surface area contributed by atoms with Gasteiger partial charge in [-0.15, -0.1) is 0 Å². The summed E-state index contributed by atoms with van der Waals surface area (Å²) in [7, 11) is 0. The van der Waals surface area contributed by atoms with E-state index in [0.29, 0.717) is 24.2 Å². The van der Waals surface area contributed by atoms with Gasteiger partial charge in [0.05, 0.1) is 6.61 Å². The summed E-state index contributed by atoms with van der Waals surface area (Å²) in [5, 5.41) is 9.30. The van der Waals surface area contributed by atoms with Crippen LogP contribution in [0.1, 0.15) is 89.5 Å². The van der Waals surface area contributed by atoms with Crippen molar-refractivity contribution in [2.75, 3.05) is 6.61 Å². The van der Waals surface area contributed by atoms with Crippen molar-refractivity contribution in [2.45, 2.75) is 96.1 Å². The van der Waals surface area contributed by atoms with Gasteiger partial charge < -0.3 is 19.3 Å². The topological polar surface area (TPSA) is 74.2 Å². The van der Waals surface area contributed by atoms with Crippen molar-refractivity contribution in [1.82, 2.24) is 0 Å².